The van der Waals surface area contributed by atoms with E-state index < -0.39 is 0 Å². The second kappa shape index (κ2) is 7.68. The third kappa shape index (κ3) is 4.18. The van der Waals surface area contributed by atoms with Crippen molar-refractivity contribution in [3.63, 3.8) is 0 Å². The van der Waals surface area contributed by atoms with Gasteiger partial charge >= 0.3 is 0 Å². The quantitative estimate of drug-likeness (QED) is 0.833. The second-order valence-corrected chi connectivity index (χ2v) is 6.97. The number of benzene rings is 1. The number of hydrogen-bond acceptors (Lipinski definition) is 5. The maximum absolute atomic E-state index is 12.7. The predicted molar refractivity (Wildman–Crippen MR) is 93.7 cm³/mol. The molecule has 1 aromatic heterocycles. The van der Waals surface area contributed by atoms with E-state index in [1.165, 1.54) is 0 Å². The Morgan fingerprint density at radius 1 is 1.36 bits per heavy atom. The molecular weight excluding hydrogens is 318 g/mol. The van der Waals surface area contributed by atoms with Crippen LogP contribution in [-0.4, -0.2) is 41.1 Å². The molecular formula is C19H25N3O3. The molecule has 1 aromatic carbocycles. The third-order valence-corrected chi connectivity index (χ3v) is 4.47. The van der Waals surface area contributed by atoms with Crippen molar-refractivity contribution in [1.82, 2.24) is 15.0 Å². The Labute approximate surface area is 148 Å². The summed E-state index contributed by atoms with van der Waals surface area (Å²) in [6.07, 6.45) is 2.72. The van der Waals surface area contributed by atoms with E-state index >= 15 is 0 Å². The molecule has 6 nitrogen and oxygen atoms in total. The van der Waals surface area contributed by atoms with Crippen LogP contribution in [0.15, 0.2) is 28.8 Å². The van der Waals surface area contributed by atoms with Gasteiger partial charge in [0, 0.05) is 25.1 Å². The monoisotopic (exact) mass is 343 g/mol. The van der Waals surface area contributed by atoms with Crippen molar-refractivity contribution in [3.8, 4) is 5.75 Å². The fourth-order valence-corrected chi connectivity index (χ4v) is 3.16. The molecule has 1 aliphatic heterocycles. The molecule has 6 heteroatoms. The number of methoxy groups -OCH3 is 1. The van der Waals surface area contributed by atoms with Crippen LogP contribution < -0.4 is 4.74 Å². The van der Waals surface area contributed by atoms with Crippen molar-refractivity contribution < 1.29 is 14.1 Å². The summed E-state index contributed by atoms with van der Waals surface area (Å²) in [5, 5.41) is 4.08. The lowest BCUT2D eigenvalue weighted by Crippen LogP contribution is -2.39. The lowest BCUT2D eigenvalue weighted by molar-refractivity contribution is 0.0695. The van der Waals surface area contributed by atoms with Crippen molar-refractivity contribution in [2.75, 3.05) is 20.2 Å². The zero-order valence-corrected chi connectivity index (χ0v) is 15.1. The number of ether oxygens (including phenoxy) is 1. The van der Waals surface area contributed by atoms with Crippen molar-refractivity contribution >= 4 is 5.91 Å². The molecule has 0 spiro atoms. The Hall–Kier alpha value is -2.37. The third-order valence-electron chi connectivity index (χ3n) is 4.47. The summed E-state index contributed by atoms with van der Waals surface area (Å²) in [5.74, 6) is 2.80. The summed E-state index contributed by atoms with van der Waals surface area (Å²) in [6.45, 7) is 5.64. The highest BCUT2D eigenvalue weighted by atomic mass is 16.5. The van der Waals surface area contributed by atoms with Crippen molar-refractivity contribution in [2.45, 2.75) is 39.0 Å². The molecule has 1 atom stereocenters. The molecule has 0 N–H and O–H groups in total. The molecule has 0 bridgehead atoms. The molecule has 0 aliphatic carbocycles. The van der Waals surface area contributed by atoms with Crippen molar-refractivity contribution in [3.05, 3.63) is 41.5 Å². The Balaban J connectivity index is 1.67. The van der Waals surface area contributed by atoms with Crippen LogP contribution >= 0.6 is 0 Å². The number of carbonyl (C=O) groups is 1. The van der Waals surface area contributed by atoms with Gasteiger partial charge in [-0.05, 0) is 43.0 Å². The van der Waals surface area contributed by atoms with E-state index in [0.717, 1.165) is 37.4 Å². The first-order valence-electron chi connectivity index (χ1n) is 8.82. The minimum atomic E-state index is 0.0364. The van der Waals surface area contributed by atoms with Crippen LogP contribution in [0.5, 0.6) is 5.75 Å². The molecule has 0 unspecified atom stereocenters. The smallest absolute Gasteiger partial charge is 0.253 e. The van der Waals surface area contributed by atoms with Gasteiger partial charge in [0.25, 0.3) is 5.91 Å². The molecule has 0 radical (unpaired) electrons. The van der Waals surface area contributed by atoms with E-state index in [1.54, 1.807) is 19.2 Å². The molecule has 1 aliphatic rings. The van der Waals surface area contributed by atoms with Crippen LogP contribution in [0, 0.1) is 5.92 Å². The first-order chi connectivity index (χ1) is 12.1. The van der Waals surface area contributed by atoms with E-state index in [9.17, 15) is 4.79 Å². The van der Waals surface area contributed by atoms with Gasteiger partial charge in [-0.15, -0.1) is 0 Å². The molecule has 1 saturated heterocycles. The first-order valence-corrected chi connectivity index (χ1v) is 8.82. The lowest BCUT2D eigenvalue weighted by Gasteiger charge is -2.31. The van der Waals surface area contributed by atoms with Crippen LogP contribution in [0.1, 0.15) is 54.7 Å². The van der Waals surface area contributed by atoms with Crippen LogP contribution in [0.25, 0.3) is 0 Å². The zero-order chi connectivity index (χ0) is 17.8. The van der Waals surface area contributed by atoms with E-state index in [0.29, 0.717) is 23.9 Å². The average Bonchev–Trinajstić information content (AvgIpc) is 3.09. The Bertz CT molecular complexity index is 709. The molecule has 3 rings (SSSR count). The van der Waals surface area contributed by atoms with Crippen LogP contribution in [0.2, 0.25) is 0 Å². The van der Waals surface area contributed by atoms with Gasteiger partial charge < -0.3 is 14.2 Å². The van der Waals surface area contributed by atoms with E-state index in [4.69, 9.17) is 9.26 Å². The normalized spacial score (nSPS) is 17.8. The number of aromatic nitrogens is 2. The van der Waals surface area contributed by atoms with Crippen molar-refractivity contribution in [1.29, 1.82) is 0 Å². The zero-order valence-electron chi connectivity index (χ0n) is 15.1. The highest BCUT2D eigenvalue weighted by molar-refractivity contribution is 5.94. The molecule has 0 saturated carbocycles. The second-order valence-electron chi connectivity index (χ2n) is 6.97. The maximum Gasteiger partial charge on any atom is 0.253 e. The molecule has 2 heterocycles. The van der Waals surface area contributed by atoms with Crippen molar-refractivity contribution in [2.24, 2.45) is 5.92 Å². The van der Waals surface area contributed by atoms with Gasteiger partial charge in [-0.1, -0.05) is 19.0 Å². The summed E-state index contributed by atoms with van der Waals surface area (Å²) in [5.41, 5.74) is 0.674. The first kappa shape index (κ1) is 17.5. The Kier molecular flexibility index (Phi) is 5.36. The summed E-state index contributed by atoms with van der Waals surface area (Å²) < 4.78 is 10.6. The van der Waals surface area contributed by atoms with Crippen LogP contribution in [-0.2, 0) is 6.42 Å². The molecule has 2 aromatic rings. The average molecular weight is 343 g/mol. The minimum absolute atomic E-state index is 0.0364. The maximum atomic E-state index is 12.7. The summed E-state index contributed by atoms with van der Waals surface area (Å²) in [6, 6.07) is 7.23. The highest BCUT2D eigenvalue weighted by Gasteiger charge is 2.29. The van der Waals surface area contributed by atoms with E-state index in [2.05, 4.69) is 24.0 Å². The lowest BCUT2D eigenvalue weighted by atomic mass is 9.97. The number of likely N-dealkylation sites (tertiary alicyclic amines) is 1. The van der Waals surface area contributed by atoms with E-state index in [1.807, 2.05) is 17.0 Å². The van der Waals surface area contributed by atoms with Gasteiger partial charge in [-0.3, -0.25) is 4.79 Å². The topological polar surface area (TPSA) is 68.5 Å². The standard InChI is InChI=1S/C19H25N3O3/c1-13(2)11-17-20-18(25-21-17)15-5-4-10-22(12-15)19(23)14-6-8-16(24-3)9-7-14/h6-9,13,15H,4-5,10-12H2,1-3H3/t15-/m1/s1. The highest BCUT2D eigenvalue weighted by Crippen LogP contribution is 2.27. The molecule has 1 amide bonds. The van der Waals surface area contributed by atoms with Gasteiger partial charge in [0.1, 0.15) is 5.75 Å². The number of rotatable bonds is 5. The summed E-state index contributed by atoms with van der Waals surface area (Å²) in [4.78, 5) is 19.2. The minimum Gasteiger partial charge on any atom is -0.497 e. The Morgan fingerprint density at radius 3 is 2.80 bits per heavy atom. The van der Waals surface area contributed by atoms with E-state index in [-0.39, 0.29) is 11.8 Å². The largest absolute Gasteiger partial charge is 0.497 e. The number of hydrogen-bond donors (Lipinski definition) is 0. The SMILES string of the molecule is COc1ccc(C(=O)N2CCC[C@@H](c3nc(CC(C)C)no3)C2)cc1. The van der Waals surface area contributed by atoms with Crippen LogP contribution in [0.4, 0.5) is 0 Å². The Morgan fingerprint density at radius 2 is 2.12 bits per heavy atom. The van der Waals surface area contributed by atoms with Gasteiger partial charge in [0.05, 0.1) is 13.0 Å². The van der Waals surface area contributed by atoms with Gasteiger partial charge in [0.2, 0.25) is 5.89 Å². The van der Waals surface area contributed by atoms with Gasteiger partial charge in [-0.25, -0.2) is 0 Å². The molecule has 25 heavy (non-hydrogen) atoms. The summed E-state index contributed by atoms with van der Waals surface area (Å²) in [7, 11) is 1.62. The predicted octanol–water partition coefficient (Wildman–Crippen LogP) is 3.30. The van der Waals surface area contributed by atoms with Crippen LogP contribution in [0.3, 0.4) is 0 Å². The van der Waals surface area contributed by atoms with Gasteiger partial charge in [-0.2, -0.15) is 4.98 Å². The number of amides is 1. The molecule has 1 fully saturated rings. The number of carbonyl (C=O) groups excluding carboxylic acids is 1. The number of piperidine rings is 1. The molecule has 134 valence electrons. The summed E-state index contributed by atoms with van der Waals surface area (Å²) >= 11 is 0. The fraction of sp³-hybridized carbons (Fsp3) is 0.526. The van der Waals surface area contributed by atoms with Gasteiger partial charge in [0.15, 0.2) is 5.82 Å². The fourth-order valence-electron chi connectivity index (χ4n) is 3.16. The number of nitrogens with zero attached hydrogens (tertiary/aromatic N) is 3.